The van der Waals surface area contributed by atoms with Crippen LogP contribution in [-0.2, 0) is 16.1 Å². The van der Waals surface area contributed by atoms with Crippen LogP contribution in [0.15, 0.2) is 42.7 Å². The molecular formula is C18H18F2N2O3. The quantitative estimate of drug-likeness (QED) is 0.722. The van der Waals surface area contributed by atoms with Gasteiger partial charge >= 0.3 is 5.97 Å². The molecule has 1 aromatic heterocycles. The first-order valence-electron chi connectivity index (χ1n) is 7.80. The van der Waals surface area contributed by atoms with Crippen molar-refractivity contribution >= 4 is 11.9 Å². The fourth-order valence-corrected chi connectivity index (χ4v) is 2.24. The summed E-state index contributed by atoms with van der Waals surface area (Å²) < 4.78 is 31.4. The number of aromatic nitrogens is 1. The van der Waals surface area contributed by atoms with Crippen LogP contribution in [-0.4, -0.2) is 34.9 Å². The third-order valence-electron chi connectivity index (χ3n) is 3.44. The van der Waals surface area contributed by atoms with Gasteiger partial charge in [0.25, 0.3) is 5.91 Å². The van der Waals surface area contributed by atoms with Gasteiger partial charge in [0, 0.05) is 31.0 Å². The van der Waals surface area contributed by atoms with Gasteiger partial charge < -0.3 is 9.64 Å². The molecule has 0 aliphatic rings. The molecule has 0 radical (unpaired) electrons. The zero-order chi connectivity index (χ0) is 18.2. The number of ether oxygens (including phenoxy) is 1. The standard InChI is InChI=1S/C18H18F2N2O3/c1-2-25-17(23)7-9-22(12-13-4-3-8-21-11-13)18(24)14-5-6-15(19)16(20)10-14/h3-6,8,10-11H,2,7,9,12H2,1H3. The molecule has 0 spiro atoms. The second-order valence-electron chi connectivity index (χ2n) is 5.27. The summed E-state index contributed by atoms with van der Waals surface area (Å²) in [6.07, 6.45) is 3.20. The lowest BCUT2D eigenvalue weighted by molar-refractivity contribution is -0.143. The summed E-state index contributed by atoms with van der Waals surface area (Å²) in [7, 11) is 0. The largest absolute Gasteiger partial charge is 0.466 e. The Hall–Kier alpha value is -2.83. The van der Waals surface area contributed by atoms with Crippen LogP contribution in [0.4, 0.5) is 8.78 Å². The summed E-state index contributed by atoms with van der Waals surface area (Å²) in [4.78, 5) is 29.6. The van der Waals surface area contributed by atoms with E-state index < -0.39 is 23.5 Å². The fraction of sp³-hybridized carbons (Fsp3) is 0.278. The van der Waals surface area contributed by atoms with Crippen LogP contribution >= 0.6 is 0 Å². The Kier molecular flexibility index (Phi) is 6.56. The Bertz CT molecular complexity index is 738. The minimum Gasteiger partial charge on any atom is -0.466 e. The van der Waals surface area contributed by atoms with Crippen molar-refractivity contribution in [2.24, 2.45) is 0 Å². The number of carbonyl (C=O) groups is 2. The van der Waals surface area contributed by atoms with E-state index in [-0.39, 0.29) is 31.7 Å². The fourth-order valence-electron chi connectivity index (χ4n) is 2.24. The summed E-state index contributed by atoms with van der Waals surface area (Å²) in [5.74, 6) is -3.07. The number of esters is 1. The molecule has 1 amide bonds. The molecule has 0 aliphatic heterocycles. The maximum atomic E-state index is 13.4. The zero-order valence-corrected chi connectivity index (χ0v) is 13.7. The number of hydrogen-bond acceptors (Lipinski definition) is 4. The first kappa shape index (κ1) is 18.5. The highest BCUT2D eigenvalue weighted by Gasteiger charge is 2.19. The van der Waals surface area contributed by atoms with E-state index in [1.54, 1.807) is 31.5 Å². The summed E-state index contributed by atoms with van der Waals surface area (Å²) >= 11 is 0. The lowest BCUT2D eigenvalue weighted by atomic mass is 10.1. The molecule has 2 aromatic rings. The van der Waals surface area contributed by atoms with Gasteiger partial charge in [0.1, 0.15) is 0 Å². The molecule has 2 rings (SSSR count). The molecule has 25 heavy (non-hydrogen) atoms. The van der Waals surface area contributed by atoms with Crippen LogP contribution in [0.1, 0.15) is 29.3 Å². The van der Waals surface area contributed by atoms with Gasteiger partial charge in [-0.2, -0.15) is 0 Å². The molecule has 0 aliphatic carbocycles. The topological polar surface area (TPSA) is 59.5 Å². The van der Waals surface area contributed by atoms with Crippen LogP contribution in [0.5, 0.6) is 0 Å². The van der Waals surface area contributed by atoms with E-state index in [0.717, 1.165) is 17.7 Å². The molecule has 0 atom stereocenters. The van der Waals surface area contributed by atoms with Crippen molar-refractivity contribution in [3.63, 3.8) is 0 Å². The van der Waals surface area contributed by atoms with E-state index in [1.807, 2.05) is 0 Å². The normalized spacial score (nSPS) is 10.4. The molecule has 5 nitrogen and oxygen atoms in total. The second-order valence-corrected chi connectivity index (χ2v) is 5.27. The highest BCUT2D eigenvalue weighted by molar-refractivity contribution is 5.94. The van der Waals surface area contributed by atoms with Crippen molar-refractivity contribution in [2.75, 3.05) is 13.2 Å². The lowest BCUT2D eigenvalue weighted by Crippen LogP contribution is -2.33. The summed E-state index contributed by atoms with van der Waals surface area (Å²) in [5, 5.41) is 0. The molecule has 0 N–H and O–H groups in total. The Morgan fingerprint density at radius 2 is 2.00 bits per heavy atom. The number of hydrogen-bond donors (Lipinski definition) is 0. The minimum absolute atomic E-state index is 0.00349. The molecule has 0 fully saturated rings. The number of nitrogens with zero attached hydrogens (tertiary/aromatic N) is 2. The van der Waals surface area contributed by atoms with Crippen molar-refractivity contribution < 1.29 is 23.1 Å². The summed E-state index contributed by atoms with van der Waals surface area (Å²) in [6.45, 7) is 2.22. The van der Waals surface area contributed by atoms with Crippen molar-refractivity contribution in [3.05, 3.63) is 65.5 Å². The molecule has 7 heteroatoms. The number of benzene rings is 1. The third kappa shape index (κ3) is 5.34. The lowest BCUT2D eigenvalue weighted by Gasteiger charge is -2.22. The molecule has 0 unspecified atom stereocenters. The van der Waals surface area contributed by atoms with Crippen LogP contribution in [0.2, 0.25) is 0 Å². The van der Waals surface area contributed by atoms with Gasteiger partial charge in [-0.05, 0) is 36.8 Å². The third-order valence-corrected chi connectivity index (χ3v) is 3.44. The van der Waals surface area contributed by atoms with E-state index in [0.29, 0.717) is 0 Å². The number of halogens is 2. The van der Waals surface area contributed by atoms with Crippen molar-refractivity contribution in [1.29, 1.82) is 0 Å². The molecular weight excluding hydrogens is 330 g/mol. The first-order chi connectivity index (χ1) is 12.0. The minimum atomic E-state index is -1.10. The maximum Gasteiger partial charge on any atom is 0.307 e. The van der Waals surface area contributed by atoms with Crippen LogP contribution in [0.25, 0.3) is 0 Å². The molecule has 132 valence electrons. The van der Waals surface area contributed by atoms with E-state index >= 15 is 0 Å². The Balaban J connectivity index is 2.18. The highest BCUT2D eigenvalue weighted by atomic mass is 19.2. The predicted molar refractivity (Wildman–Crippen MR) is 86.6 cm³/mol. The maximum absolute atomic E-state index is 13.4. The number of carbonyl (C=O) groups excluding carboxylic acids is 2. The van der Waals surface area contributed by atoms with Gasteiger partial charge in [-0.25, -0.2) is 8.78 Å². The Morgan fingerprint density at radius 1 is 1.20 bits per heavy atom. The summed E-state index contributed by atoms with van der Waals surface area (Å²) in [6, 6.07) is 6.46. The molecule has 1 aromatic carbocycles. The van der Waals surface area contributed by atoms with E-state index in [1.165, 1.54) is 11.0 Å². The molecule has 0 saturated heterocycles. The van der Waals surface area contributed by atoms with Crippen LogP contribution in [0.3, 0.4) is 0 Å². The van der Waals surface area contributed by atoms with E-state index in [9.17, 15) is 18.4 Å². The second kappa shape index (κ2) is 8.86. The number of rotatable bonds is 7. The van der Waals surface area contributed by atoms with Crippen molar-refractivity contribution in [3.8, 4) is 0 Å². The van der Waals surface area contributed by atoms with E-state index in [2.05, 4.69) is 4.98 Å². The zero-order valence-electron chi connectivity index (χ0n) is 13.7. The SMILES string of the molecule is CCOC(=O)CCN(Cc1cccnc1)C(=O)c1ccc(F)c(F)c1. The van der Waals surface area contributed by atoms with E-state index in [4.69, 9.17) is 4.74 Å². The van der Waals surface area contributed by atoms with Gasteiger partial charge in [0.05, 0.1) is 13.0 Å². The Labute approximate surface area is 144 Å². The number of amides is 1. The monoisotopic (exact) mass is 348 g/mol. The highest BCUT2D eigenvalue weighted by Crippen LogP contribution is 2.14. The summed E-state index contributed by atoms with van der Waals surface area (Å²) in [5.41, 5.74) is 0.758. The van der Waals surface area contributed by atoms with Crippen molar-refractivity contribution in [1.82, 2.24) is 9.88 Å². The van der Waals surface area contributed by atoms with Crippen LogP contribution in [0, 0.1) is 11.6 Å². The van der Waals surface area contributed by atoms with Gasteiger partial charge in [0.15, 0.2) is 11.6 Å². The first-order valence-corrected chi connectivity index (χ1v) is 7.80. The van der Waals surface area contributed by atoms with Crippen LogP contribution < -0.4 is 0 Å². The molecule has 0 bridgehead atoms. The smallest absolute Gasteiger partial charge is 0.307 e. The van der Waals surface area contributed by atoms with Gasteiger partial charge in [-0.15, -0.1) is 0 Å². The van der Waals surface area contributed by atoms with Gasteiger partial charge in [0.2, 0.25) is 0 Å². The number of pyridine rings is 1. The average molecular weight is 348 g/mol. The van der Waals surface area contributed by atoms with Gasteiger partial charge in [-0.3, -0.25) is 14.6 Å². The average Bonchev–Trinajstić information content (AvgIpc) is 2.61. The predicted octanol–water partition coefficient (Wildman–Crippen LogP) is 2.96. The molecule has 1 heterocycles. The van der Waals surface area contributed by atoms with Crippen molar-refractivity contribution in [2.45, 2.75) is 19.9 Å². The van der Waals surface area contributed by atoms with Gasteiger partial charge in [-0.1, -0.05) is 6.07 Å². The molecule has 0 saturated carbocycles. The Morgan fingerprint density at radius 3 is 2.64 bits per heavy atom.